The number of carbonyl (C=O) groups is 2. The summed E-state index contributed by atoms with van der Waals surface area (Å²) in [5, 5.41) is 21.5. The SMILES string of the molecule is O=C1NC(Cc2ccc(O)c(O)c2)C(=O)N1C1CCCC1. The third kappa shape index (κ3) is 2.53. The smallest absolute Gasteiger partial charge is 0.325 e. The number of amides is 3. The number of imide groups is 1. The molecule has 1 unspecified atom stereocenters. The van der Waals surface area contributed by atoms with Gasteiger partial charge in [-0.1, -0.05) is 18.9 Å². The Morgan fingerprint density at radius 2 is 1.86 bits per heavy atom. The number of hydrogen-bond donors (Lipinski definition) is 3. The summed E-state index contributed by atoms with van der Waals surface area (Å²) < 4.78 is 0. The van der Waals surface area contributed by atoms with E-state index in [2.05, 4.69) is 5.32 Å². The van der Waals surface area contributed by atoms with Crippen LogP contribution in [0.15, 0.2) is 18.2 Å². The molecule has 1 saturated carbocycles. The minimum atomic E-state index is -0.595. The fourth-order valence-electron chi connectivity index (χ4n) is 3.13. The maximum atomic E-state index is 12.4. The van der Waals surface area contributed by atoms with E-state index in [-0.39, 0.29) is 29.5 Å². The molecule has 112 valence electrons. The van der Waals surface area contributed by atoms with Gasteiger partial charge in [0, 0.05) is 12.5 Å². The van der Waals surface area contributed by atoms with E-state index in [1.54, 1.807) is 6.07 Å². The Morgan fingerprint density at radius 3 is 2.52 bits per heavy atom. The minimum Gasteiger partial charge on any atom is -0.504 e. The van der Waals surface area contributed by atoms with Crippen molar-refractivity contribution in [1.29, 1.82) is 0 Å². The lowest BCUT2D eigenvalue weighted by Gasteiger charge is -2.20. The fourth-order valence-corrected chi connectivity index (χ4v) is 3.13. The molecule has 2 aliphatic rings. The van der Waals surface area contributed by atoms with Gasteiger partial charge in [0.2, 0.25) is 0 Å². The average molecular weight is 290 g/mol. The van der Waals surface area contributed by atoms with Crippen molar-refractivity contribution < 1.29 is 19.8 Å². The molecule has 0 radical (unpaired) electrons. The highest BCUT2D eigenvalue weighted by molar-refractivity contribution is 6.04. The van der Waals surface area contributed by atoms with E-state index in [0.717, 1.165) is 25.7 Å². The molecule has 6 nitrogen and oxygen atoms in total. The minimum absolute atomic E-state index is 0.0238. The number of aromatic hydroxyl groups is 2. The summed E-state index contributed by atoms with van der Waals surface area (Å²) in [4.78, 5) is 25.7. The maximum absolute atomic E-state index is 12.4. The zero-order chi connectivity index (χ0) is 15.0. The third-order valence-electron chi connectivity index (χ3n) is 4.22. The molecule has 1 heterocycles. The monoisotopic (exact) mass is 290 g/mol. The molecule has 1 aromatic rings. The number of nitrogens with zero attached hydrogens (tertiary/aromatic N) is 1. The van der Waals surface area contributed by atoms with Crippen LogP contribution in [0.5, 0.6) is 11.5 Å². The van der Waals surface area contributed by atoms with Crippen molar-refractivity contribution in [3.05, 3.63) is 23.8 Å². The highest BCUT2D eigenvalue weighted by atomic mass is 16.3. The number of benzene rings is 1. The average Bonchev–Trinajstić information content (AvgIpc) is 3.04. The van der Waals surface area contributed by atoms with Crippen LogP contribution >= 0.6 is 0 Å². The molecule has 0 bridgehead atoms. The fraction of sp³-hybridized carbons (Fsp3) is 0.467. The predicted molar refractivity (Wildman–Crippen MR) is 74.9 cm³/mol. The lowest BCUT2D eigenvalue weighted by Crippen LogP contribution is -2.39. The van der Waals surface area contributed by atoms with Gasteiger partial charge in [-0.2, -0.15) is 0 Å². The van der Waals surface area contributed by atoms with E-state index in [0.29, 0.717) is 12.0 Å². The molecule has 3 rings (SSSR count). The summed E-state index contributed by atoms with van der Waals surface area (Å²) in [6.07, 6.45) is 4.18. The summed E-state index contributed by atoms with van der Waals surface area (Å²) in [5.41, 5.74) is 0.692. The Hall–Kier alpha value is -2.24. The van der Waals surface area contributed by atoms with Crippen LogP contribution in [-0.4, -0.2) is 39.1 Å². The highest BCUT2D eigenvalue weighted by Crippen LogP contribution is 2.28. The van der Waals surface area contributed by atoms with Crippen molar-refractivity contribution in [2.45, 2.75) is 44.2 Å². The van der Waals surface area contributed by atoms with Crippen LogP contribution in [-0.2, 0) is 11.2 Å². The lowest BCUT2D eigenvalue weighted by molar-refractivity contribution is -0.128. The zero-order valence-corrected chi connectivity index (χ0v) is 11.6. The van der Waals surface area contributed by atoms with Crippen molar-refractivity contribution >= 4 is 11.9 Å². The molecule has 21 heavy (non-hydrogen) atoms. The summed E-state index contributed by atoms with van der Waals surface area (Å²) in [5.74, 6) is -0.621. The van der Waals surface area contributed by atoms with Gasteiger partial charge >= 0.3 is 6.03 Å². The molecule has 1 aliphatic carbocycles. The second-order valence-corrected chi connectivity index (χ2v) is 5.68. The van der Waals surface area contributed by atoms with Crippen molar-refractivity contribution in [3.63, 3.8) is 0 Å². The van der Waals surface area contributed by atoms with Gasteiger partial charge in [-0.05, 0) is 30.5 Å². The number of urea groups is 1. The standard InChI is InChI=1S/C15H18N2O4/c18-12-6-5-9(8-13(12)19)7-11-14(20)17(15(21)16-11)10-3-1-2-4-10/h5-6,8,10-11,18-19H,1-4,7H2,(H,16,21). The van der Waals surface area contributed by atoms with Crippen molar-refractivity contribution in [3.8, 4) is 11.5 Å². The Bertz CT molecular complexity index is 581. The van der Waals surface area contributed by atoms with Crippen LogP contribution in [0, 0.1) is 0 Å². The largest absolute Gasteiger partial charge is 0.504 e. The highest BCUT2D eigenvalue weighted by Gasteiger charge is 2.42. The van der Waals surface area contributed by atoms with Crippen LogP contribution < -0.4 is 5.32 Å². The first kappa shape index (κ1) is 13.7. The van der Waals surface area contributed by atoms with E-state index >= 15 is 0 Å². The molecular formula is C15H18N2O4. The molecule has 0 aromatic heterocycles. The Balaban J connectivity index is 1.73. The van der Waals surface area contributed by atoms with Gasteiger partial charge in [0.25, 0.3) is 5.91 Å². The van der Waals surface area contributed by atoms with E-state index in [9.17, 15) is 19.8 Å². The van der Waals surface area contributed by atoms with Crippen molar-refractivity contribution in [2.75, 3.05) is 0 Å². The normalized spacial score (nSPS) is 22.9. The van der Waals surface area contributed by atoms with Gasteiger partial charge in [0.1, 0.15) is 6.04 Å². The summed E-state index contributed by atoms with van der Waals surface area (Å²) in [7, 11) is 0. The molecule has 1 aromatic carbocycles. The van der Waals surface area contributed by atoms with Gasteiger partial charge in [0.05, 0.1) is 0 Å². The Morgan fingerprint density at radius 1 is 1.14 bits per heavy atom. The first-order valence-corrected chi connectivity index (χ1v) is 7.20. The quantitative estimate of drug-likeness (QED) is 0.581. The summed E-state index contributed by atoms with van der Waals surface area (Å²) in [6, 6.07) is 3.53. The third-order valence-corrected chi connectivity index (χ3v) is 4.22. The van der Waals surface area contributed by atoms with Crippen LogP contribution in [0.1, 0.15) is 31.2 Å². The van der Waals surface area contributed by atoms with Gasteiger partial charge in [-0.3, -0.25) is 9.69 Å². The number of phenols is 2. The summed E-state index contributed by atoms with van der Waals surface area (Å²) >= 11 is 0. The van der Waals surface area contributed by atoms with E-state index < -0.39 is 6.04 Å². The van der Waals surface area contributed by atoms with Crippen LogP contribution in [0.4, 0.5) is 4.79 Å². The number of phenolic OH excluding ortho intramolecular Hbond substituents is 2. The van der Waals surface area contributed by atoms with Crippen LogP contribution in [0.2, 0.25) is 0 Å². The van der Waals surface area contributed by atoms with Gasteiger partial charge in [0.15, 0.2) is 11.5 Å². The molecule has 3 amide bonds. The van der Waals surface area contributed by atoms with E-state index in [4.69, 9.17) is 0 Å². The molecule has 0 spiro atoms. The molecule has 2 fully saturated rings. The van der Waals surface area contributed by atoms with Crippen molar-refractivity contribution in [1.82, 2.24) is 10.2 Å². The number of nitrogens with one attached hydrogen (secondary N) is 1. The molecular weight excluding hydrogens is 272 g/mol. The predicted octanol–water partition coefficient (Wildman–Crippen LogP) is 1.50. The van der Waals surface area contributed by atoms with E-state index in [1.807, 2.05) is 0 Å². The number of hydrogen-bond acceptors (Lipinski definition) is 4. The second kappa shape index (κ2) is 5.27. The Kier molecular flexibility index (Phi) is 3.45. The van der Waals surface area contributed by atoms with Crippen LogP contribution in [0.25, 0.3) is 0 Å². The Labute approximate surface area is 122 Å². The molecule has 1 atom stereocenters. The molecule has 1 saturated heterocycles. The maximum Gasteiger partial charge on any atom is 0.325 e. The van der Waals surface area contributed by atoms with Gasteiger partial charge in [-0.25, -0.2) is 4.79 Å². The summed E-state index contributed by atoms with van der Waals surface area (Å²) in [6.45, 7) is 0. The molecule has 3 N–H and O–H groups in total. The van der Waals surface area contributed by atoms with Gasteiger partial charge in [-0.15, -0.1) is 0 Å². The molecule has 1 aliphatic heterocycles. The molecule has 6 heteroatoms. The zero-order valence-electron chi connectivity index (χ0n) is 11.6. The first-order chi connectivity index (χ1) is 10.1. The first-order valence-electron chi connectivity index (χ1n) is 7.20. The number of carbonyl (C=O) groups excluding carboxylic acids is 2. The second-order valence-electron chi connectivity index (χ2n) is 5.68. The van der Waals surface area contributed by atoms with E-state index in [1.165, 1.54) is 17.0 Å². The lowest BCUT2D eigenvalue weighted by atomic mass is 10.0. The van der Waals surface area contributed by atoms with Gasteiger partial charge < -0.3 is 15.5 Å². The topological polar surface area (TPSA) is 89.9 Å². The van der Waals surface area contributed by atoms with Crippen molar-refractivity contribution in [2.24, 2.45) is 0 Å². The van der Waals surface area contributed by atoms with Crippen LogP contribution in [0.3, 0.4) is 0 Å². The number of rotatable bonds is 3.